The molecule has 4 heterocycles. The normalized spacial score (nSPS) is 21.4. The van der Waals surface area contributed by atoms with Gasteiger partial charge in [0.15, 0.2) is 4.90 Å². The molecule has 6 rings (SSSR count). The number of ether oxygens (including phenoxy) is 1. The van der Waals surface area contributed by atoms with Crippen LogP contribution in [0.3, 0.4) is 0 Å². The Bertz CT molecular complexity index is 1430. The Balaban J connectivity index is 1.35. The summed E-state index contributed by atoms with van der Waals surface area (Å²) >= 11 is -1.50. The van der Waals surface area contributed by atoms with Gasteiger partial charge in [0.2, 0.25) is 5.88 Å². The first kappa shape index (κ1) is 25.8. The summed E-state index contributed by atoms with van der Waals surface area (Å²) in [6, 6.07) is 20.4. The van der Waals surface area contributed by atoms with E-state index in [-0.39, 0.29) is 0 Å². The van der Waals surface area contributed by atoms with Crippen LogP contribution < -0.4 is 9.46 Å². The highest BCUT2D eigenvalue weighted by atomic mass is 32.2. The SMILES string of the molecule is Cc1cccc(C)c1-c1cc2nc(n1)N[S+]([O-])c1cccc(c1)CC1CCN(Cc3ccncc3)C[C@@H]1CO2. The highest BCUT2D eigenvalue weighted by Gasteiger charge is 2.31. The number of hydrogen-bond donors (Lipinski definition) is 1. The maximum Gasteiger partial charge on any atom is 0.269 e. The minimum absolute atomic E-state index is 0.299. The standard InChI is InChI=1S/C31H33N5O2S/c1-21-5-3-6-22(2)30(21)28-17-29-34-31(33-28)35-39(37)27-8-4-7-24(16-27)15-25-11-14-36(19-26(25)20-38-29)18-23-9-12-32-13-10-23/h3-10,12-13,16-17,25-26H,11,14-15,18-20H2,1-2H3,(H,33,34,35)/t25?,26-,39?/m1/s1. The Kier molecular flexibility index (Phi) is 7.50. The fourth-order valence-corrected chi connectivity index (χ4v) is 6.66. The van der Waals surface area contributed by atoms with E-state index in [4.69, 9.17) is 9.72 Å². The molecule has 0 radical (unpaired) electrons. The molecule has 0 saturated carbocycles. The molecule has 8 heteroatoms. The van der Waals surface area contributed by atoms with Gasteiger partial charge in [0, 0.05) is 43.0 Å². The minimum atomic E-state index is -1.50. The van der Waals surface area contributed by atoms with Gasteiger partial charge in [0.1, 0.15) is 11.4 Å². The summed E-state index contributed by atoms with van der Waals surface area (Å²) in [5, 5.41) is 0. The van der Waals surface area contributed by atoms with Gasteiger partial charge in [0.25, 0.3) is 5.95 Å². The number of anilines is 1. The van der Waals surface area contributed by atoms with Crippen molar-refractivity contribution in [3.8, 4) is 17.1 Å². The minimum Gasteiger partial charge on any atom is -0.588 e. The third-order valence-corrected chi connectivity index (χ3v) is 8.86. The van der Waals surface area contributed by atoms with E-state index >= 15 is 0 Å². The van der Waals surface area contributed by atoms with Crippen LogP contribution in [0, 0.1) is 25.7 Å². The molecular formula is C31H33N5O2S. The third-order valence-electron chi connectivity index (χ3n) is 7.81. The van der Waals surface area contributed by atoms with E-state index in [0.717, 1.165) is 59.8 Å². The van der Waals surface area contributed by atoms with Crippen LogP contribution in [0.15, 0.2) is 78.0 Å². The number of nitrogens with zero attached hydrogens (tertiary/aromatic N) is 4. The number of rotatable bonds is 3. The van der Waals surface area contributed by atoms with Crippen LogP contribution >= 0.6 is 0 Å². The van der Waals surface area contributed by atoms with Gasteiger partial charge in [-0.05, 0) is 85.7 Å². The van der Waals surface area contributed by atoms with Crippen molar-refractivity contribution in [1.82, 2.24) is 19.9 Å². The van der Waals surface area contributed by atoms with Crippen LogP contribution in [0.4, 0.5) is 5.95 Å². The van der Waals surface area contributed by atoms with Gasteiger partial charge in [-0.1, -0.05) is 30.3 Å². The molecule has 2 unspecified atom stereocenters. The van der Waals surface area contributed by atoms with E-state index in [1.165, 1.54) is 11.1 Å². The van der Waals surface area contributed by atoms with Crippen molar-refractivity contribution in [3.05, 3.63) is 95.3 Å². The van der Waals surface area contributed by atoms with Crippen molar-refractivity contribution < 1.29 is 9.29 Å². The number of benzene rings is 2. The Morgan fingerprint density at radius 3 is 2.62 bits per heavy atom. The molecule has 2 aliphatic rings. The molecule has 0 spiro atoms. The molecule has 4 bridgehead atoms. The first-order valence-electron chi connectivity index (χ1n) is 13.5. The molecule has 7 nitrogen and oxygen atoms in total. The molecule has 1 saturated heterocycles. The largest absolute Gasteiger partial charge is 0.588 e. The van der Waals surface area contributed by atoms with Crippen molar-refractivity contribution in [2.75, 3.05) is 24.4 Å². The van der Waals surface area contributed by atoms with E-state index in [9.17, 15) is 4.55 Å². The van der Waals surface area contributed by atoms with E-state index in [0.29, 0.717) is 30.3 Å². The first-order valence-corrected chi connectivity index (χ1v) is 14.6. The summed E-state index contributed by atoms with van der Waals surface area (Å²) in [6.45, 7) is 7.59. The van der Waals surface area contributed by atoms with Crippen molar-refractivity contribution in [3.63, 3.8) is 0 Å². The maximum atomic E-state index is 13.3. The first-order chi connectivity index (χ1) is 19.0. The number of aromatic nitrogens is 3. The highest BCUT2D eigenvalue weighted by molar-refractivity contribution is 7.92. The van der Waals surface area contributed by atoms with Gasteiger partial charge in [-0.2, -0.15) is 9.71 Å². The monoisotopic (exact) mass is 539 g/mol. The lowest BCUT2D eigenvalue weighted by molar-refractivity contribution is 0.0746. The van der Waals surface area contributed by atoms with Crippen LogP contribution in [0.5, 0.6) is 5.88 Å². The number of likely N-dealkylation sites (tertiary alicyclic amines) is 1. The zero-order chi connectivity index (χ0) is 26.8. The van der Waals surface area contributed by atoms with Gasteiger partial charge in [0.05, 0.1) is 12.3 Å². The Morgan fingerprint density at radius 2 is 1.79 bits per heavy atom. The van der Waals surface area contributed by atoms with Crippen LogP contribution in [-0.4, -0.2) is 44.1 Å². The van der Waals surface area contributed by atoms with Gasteiger partial charge >= 0.3 is 0 Å². The Labute approximate surface area is 233 Å². The summed E-state index contributed by atoms with van der Waals surface area (Å²) in [6.07, 6.45) is 5.72. The Morgan fingerprint density at radius 1 is 1.00 bits per heavy atom. The van der Waals surface area contributed by atoms with Gasteiger partial charge in [-0.25, -0.2) is 4.98 Å². The topological polar surface area (TPSA) is 86.2 Å². The fraction of sp³-hybridized carbons (Fsp3) is 0.323. The Hall–Kier alpha value is -3.46. The summed E-state index contributed by atoms with van der Waals surface area (Å²) in [7, 11) is 0. The third kappa shape index (κ3) is 5.93. The number of pyridine rings is 1. The lowest BCUT2D eigenvalue weighted by Crippen LogP contribution is -2.43. The lowest BCUT2D eigenvalue weighted by Gasteiger charge is -2.38. The van der Waals surface area contributed by atoms with E-state index in [2.05, 4.69) is 69.8 Å². The lowest BCUT2D eigenvalue weighted by atomic mass is 9.81. The zero-order valence-electron chi connectivity index (χ0n) is 22.3. The molecule has 3 atom stereocenters. The van der Waals surface area contributed by atoms with Gasteiger partial charge in [-0.3, -0.25) is 9.88 Å². The van der Waals surface area contributed by atoms with Crippen molar-refractivity contribution in [2.24, 2.45) is 11.8 Å². The van der Waals surface area contributed by atoms with Crippen molar-refractivity contribution in [1.29, 1.82) is 0 Å². The average molecular weight is 540 g/mol. The van der Waals surface area contributed by atoms with Crippen LogP contribution in [0.2, 0.25) is 0 Å². The molecule has 2 aromatic heterocycles. The molecule has 4 aromatic rings. The number of fused-ring (bicyclic) bond motifs is 5. The number of piperidine rings is 1. The summed E-state index contributed by atoms with van der Waals surface area (Å²) in [4.78, 5) is 16.8. The van der Waals surface area contributed by atoms with Gasteiger partial charge in [-0.15, -0.1) is 0 Å². The number of hydrogen-bond acceptors (Lipinski definition) is 7. The fourth-order valence-electron chi connectivity index (χ4n) is 5.82. The predicted octanol–water partition coefficient (Wildman–Crippen LogP) is 5.36. The molecule has 0 amide bonds. The zero-order valence-corrected chi connectivity index (χ0v) is 23.2. The van der Waals surface area contributed by atoms with Crippen molar-refractivity contribution >= 4 is 17.3 Å². The number of aryl methyl sites for hydroxylation is 2. The van der Waals surface area contributed by atoms with Crippen LogP contribution in [0.25, 0.3) is 11.3 Å². The summed E-state index contributed by atoms with van der Waals surface area (Å²) < 4.78 is 22.8. The summed E-state index contributed by atoms with van der Waals surface area (Å²) in [5.41, 5.74) is 6.52. The second kappa shape index (κ2) is 11.3. The summed E-state index contributed by atoms with van der Waals surface area (Å²) in [5.74, 6) is 1.58. The molecule has 1 N–H and O–H groups in total. The van der Waals surface area contributed by atoms with Crippen molar-refractivity contribution in [2.45, 2.75) is 38.1 Å². The predicted molar refractivity (Wildman–Crippen MR) is 154 cm³/mol. The molecular weight excluding hydrogens is 506 g/mol. The molecule has 1 fully saturated rings. The second-order valence-corrected chi connectivity index (χ2v) is 11.8. The van der Waals surface area contributed by atoms with Crippen LogP contribution in [-0.2, 0) is 24.3 Å². The van der Waals surface area contributed by atoms with E-state index in [1.807, 2.05) is 36.7 Å². The average Bonchev–Trinajstić information content (AvgIpc) is 2.93. The quantitative estimate of drug-likeness (QED) is 0.351. The van der Waals surface area contributed by atoms with E-state index in [1.54, 1.807) is 0 Å². The van der Waals surface area contributed by atoms with E-state index < -0.39 is 11.4 Å². The molecule has 200 valence electrons. The van der Waals surface area contributed by atoms with Crippen LogP contribution in [0.1, 0.15) is 28.7 Å². The smallest absolute Gasteiger partial charge is 0.269 e. The van der Waals surface area contributed by atoms with Gasteiger partial charge < -0.3 is 9.29 Å². The molecule has 2 aromatic carbocycles. The molecule has 39 heavy (non-hydrogen) atoms. The highest BCUT2D eigenvalue weighted by Crippen LogP contribution is 2.33. The number of nitrogens with one attached hydrogen (secondary N) is 1. The molecule has 2 aliphatic heterocycles. The molecule has 0 aliphatic carbocycles. The second-order valence-electron chi connectivity index (χ2n) is 10.6. The maximum absolute atomic E-state index is 13.3.